The van der Waals surface area contributed by atoms with Gasteiger partial charge in [-0.15, -0.1) is 0 Å². The van der Waals surface area contributed by atoms with E-state index in [2.05, 4.69) is 9.72 Å². The predicted octanol–water partition coefficient (Wildman–Crippen LogP) is -1.25. The predicted molar refractivity (Wildman–Crippen MR) is 63.5 cm³/mol. The Kier molecular flexibility index (Phi) is 3.71. The standard InChI is InChI=1S/C13H9NO4.Na/c15-10-6-5-8-7-3-1-2-4-9(7)14-11(8)12(10)18-13(16)17;/h1-6,14-15H,(H,16,17);/q;+1/p-1. The summed E-state index contributed by atoms with van der Waals surface area (Å²) in [6.07, 6.45) is -1.71. The van der Waals surface area contributed by atoms with E-state index in [1.165, 1.54) is 6.07 Å². The number of hydrogen-bond acceptors (Lipinski definition) is 4. The minimum absolute atomic E-state index is 0. The minimum atomic E-state index is -1.71. The van der Waals surface area contributed by atoms with Gasteiger partial charge in [0.05, 0.1) is 5.52 Å². The summed E-state index contributed by atoms with van der Waals surface area (Å²) >= 11 is 0. The molecule has 2 aromatic carbocycles. The van der Waals surface area contributed by atoms with Gasteiger partial charge in [0.1, 0.15) is 11.5 Å². The summed E-state index contributed by atoms with van der Waals surface area (Å²) in [4.78, 5) is 13.5. The van der Waals surface area contributed by atoms with Gasteiger partial charge in [0.15, 0.2) is 0 Å². The van der Waals surface area contributed by atoms with Crippen molar-refractivity contribution in [2.24, 2.45) is 0 Å². The Labute approximate surface area is 130 Å². The van der Waals surface area contributed by atoms with E-state index in [1.54, 1.807) is 6.07 Å². The fraction of sp³-hybridized carbons (Fsp3) is 0. The van der Waals surface area contributed by atoms with Gasteiger partial charge in [-0.3, -0.25) is 0 Å². The fourth-order valence-electron chi connectivity index (χ4n) is 2.07. The SMILES string of the molecule is O=C([O-])Oc1c(O)ccc2c1[nH]c1ccccc12.[Na+]. The molecule has 0 aliphatic rings. The molecule has 0 aliphatic heterocycles. The summed E-state index contributed by atoms with van der Waals surface area (Å²) in [6, 6.07) is 10.6. The number of para-hydroxylation sites is 1. The van der Waals surface area contributed by atoms with E-state index in [0.717, 1.165) is 16.3 Å². The molecule has 5 nitrogen and oxygen atoms in total. The van der Waals surface area contributed by atoms with E-state index in [0.29, 0.717) is 5.52 Å². The Morgan fingerprint density at radius 1 is 1.16 bits per heavy atom. The number of phenols is 1. The normalized spacial score (nSPS) is 10.3. The summed E-state index contributed by atoms with van der Waals surface area (Å²) in [5, 5.41) is 21.9. The second-order valence-electron chi connectivity index (χ2n) is 3.86. The molecule has 0 spiro atoms. The summed E-state index contributed by atoms with van der Waals surface area (Å²) < 4.78 is 4.51. The van der Waals surface area contributed by atoms with E-state index >= 15 is 0 Å². The zero-order valence-corrected chi connectivity index (χ0v) is 12.1. The van der Waals surface area contributed by atoms with Crippen LogP contribution in [0.15, 0.2) is 36.4 Å². The van der Waals surface area contributed by atoms with Crippen molar-refractivity contribution in [3.63, 3.8) is 0 Å². The molecular formula is C13H8NNaO4. The first-order chi connectivity index (χ1) is 8.66. The van der Waals surface area contributed by atoms with Crippen LogP contribution in [0, 0.1) is 0 Å². The first-order valence-electron chi connectivity index (χ1n) is 5.28. The summed E-state index contributed by atoms with van der Waals surface area (Å²) in [5.74, 6) is -0.387. The monoisotopic (exact) mass is 265 g/mol. The van der Waals surface area contributed by atoms with Gasteiger partial charge in [0.2, 0.25) is 0 Å². The second-order valence-corrected chi connectivity index (χ2v) is 3.86. The molecule has 0 aliphatic carbocycles. The number of carbonyl (C=O) groups excluding carboxylic acids is 1. The van der Waals surface area contributed by atoms with Crippen molar-refractivity contribution in [1.29, 1.82) is 0 Å². The molecule has 1 aromatic heterocycles. The van der Waals surface area contributed by atoms with Crippen LogP contribution in [0.25, 0.3) is 21.8 Å². The first kappa shape index (κ1) is 13.7. The topological polar surface area (TPSA) is 85.4 Å². The Morgan fingerprint density at radius 3 is 2.63 bits per heavy atom. The molecule has 0 atom stereocenters. The van der Waals surface area contributed by atoms with Crippen molar-refractivity contribution >= 4 is 28.0 Å². The van der Waals surface area contributed by atoms with Crippen LogP contribution in [0.1, 0.15) is 0 Å². The zero-order chi connectivity index (χ0) is 12.7. The molecule has 0 saturated carbocycles. The van der Waals surface area contributed by atoms with Crippen LogP contribution in [-0.4, -0.2) is 16.2 Å². The molecule has 0 unspecified atom stereocenters. The summed E-state index contributed by atoms with van der Waals surface area (Å²) in [7, 11) is 0. The molecule has 0 fully saturated rings. The number of aromatic hydroxyl groups is 1. The van der Waals surface area contributed by atoms with Gasteiger partial charge in [-0.1, -0.05) is 18.2 Å². The molecule has 6 heteroatoms. The van der Waals surface area contributed by atoms with Gasteiger partial charge < -0.3 is 24.7 Å². The van der Waals surface area contributed by atoms with Crippen LogP contribution in [0.4, 0.5) is 4.79 Å². The van der Waals surface area contributed by atoms with Crippen molar-refractivity contribution in [2.75, 3.05) is 0 Å². The number of nitrogens with one attached hydrogen (secondary N) is 1. The van der Waals surface area contributed by atoms with Crippen molar-refractivity contribution in [3.8, 4) is 11.5 Å². The second kappa shape index (κ2) is 5.13. The van der Waals surface area contributed by atoms with E-state index in [4.69, 9.17) is 0 Å². The van der Waals surface area contributed by atoms with Gasteiger partial charge in [0.25, 0.3) is 6.16 Å². The molecule has 3 aromatic rings. The van der Waals surface area contributed by atoms with Crippen molar-refractivity contribution in [3.05, 3.63) is 36.4 Å². The Balaban J connectivity index is 0.00000133. The molecule has 90 valence electrons. The third kappa shape index (κ3) is 2.28. The van der Waals surface area contributed by atoms with Crippen molar-refractivity contribution < 1.29 is 49.3 Å². The Morgan fingerprint density at radius 2 is 1.89 bits per heavy atom. The average molecular weight is 265 g/mol. The van der Waals surface area contributed by atoms with E-state index in [1.807, 2.05) is 24.3 Å². The van der Waals surface area contributed by atoms with E-state index in [-0.39, 0.29) is 41.1 Å². The Bertz CT molecular complexity index is 766. The number of carbonyl (C=O) groups is 1. The number of hydrogen-bond donors (Lipinski definition) is 2. The molecule has 3 rings (SSSR count). The average Bonchev–Trinajstić information content (AvgIpc) is 2.71. The minimum Gasteiger partial charge on any atom is -0.508 e. The number of rotatable bonds is 1. The van der Waals surface area contributed by atoms with Crippen LogP contribution in [0.3, 0.4) is 0 Å². The number of aromatic nitrogens is 1. The van der Waals surface area contributed by atoms with Crippen molar-refractivity contribution in [1.82, 2.24) is 4.98 Å². The first-order valence-corrected chi connectivity index (χ1v) is 5.28. The van der Waals surface area contributed by atoms with Crippen LogP contribution >= 0.6 is 0 Å². The quantitative estimate of drug-likeness (QED) is 0.327. The third-order valence-electron chi connectivity index (χ3n) is 2.80. The van der Waals surface area contributed by atoms with E-state index < -0.39 is 6.16 Å². The molecular weight excluding hydrogens is 257 g/mol. The maximum atomic E-state index is 10.5. The number of phenolic OH excluding ortho intramolecular Hbond substituents is 1. The van der Waals surface area contributed by atoms with Gasteiger partial charge in [-0.2, -0.15) is 0 Å². The van der Waals surface area contributed by atoms with Crippen LogP contribution in [0.5, 0.6) is 11.5 Å². The molecule has 19 heavy (non-hydrogen) atoms. The molecule has 0 bridgehead atoms. The number of ether oxygens (including phenoxy) is 1. The molecule has 2 N–H and O–H groups in total. The maximum absolute atomic E-state index is 10.5. The molecule has 0 amide bonds. The molecule has 0 saturated heterocycles. The molecule has 1 heterocycles. The Hall–Kier alpha value is -1.69. The maximum Gasteiger partial charge on any atom is 1.00 e. The van der Waals surface area contributed by atoms with Crippen LogP contribution in [-0.2, 0) is 0 Å². The summed E-state index contributed by atoms with van der Waals surface area (Å²) in [5.41, 5.74) is 1.27. The van der Waals surface area contributed by atoms with Gasteiger partial charge in [0, 0.05) is 16.3 Å². The van der Waals surface area contributed by atoms with Crippen LogP contribution < -0.4 is 39.4 Å². The summed E-state index contributed by atoms with van der Waals surface area (Å²) in [6.45, 7) is 0. The van der Waals surface area contributed by atoms with Crippen LogP contribution in [0.2, 0.25) is 0 Å². The van der Waals surface area contributed by atoms with Gasteiger partial charge in [-0.05, 0) is 18.2 Å². The number of fused-ring (bicyclic) bond motifs is 3. The number of aromatic amines is 1. The number of carboxylic acid groups (broad SMARTS) is 1. The largest absolute Gasteiger partial charge is 1.00 e. The molecule has 0 radical (unpaired) electrons. The third-order valence-corrected chi connectivity index (χ3v) is 2.80. The number of benzene rings is 2. The fourth-order valence-corrected chi connectivity index (χ4v) is 2.07. The smallest absolute Gasteiger partial charge is 0.508 e. The zero-order valence-electron chi connectivity index (χ0n) is 10.1. The van der Waals surface area contributed by atoms with E-state index in [9.17, 15) is 15.0 Å². The number of H-pyrrole nitrogens is 1. The van der Waals surface area contributed by atoms with Crippen molar-refractivity contribution in [2.45, 2.75) is 0 Å². The van der Waals surface area contributed by atoms with Gasteiger partial charge in [-0.25, -0.2) is 0 Å². The van der Waals surface area contributed by atoms with Gasteiger partial charge >= 0.3 is 29.6 Å².